The molecule has 0 N–H and O–H groups in total. The fourth-order valence-corrected chi connectivity index (χ4v) is 2.19. The quantitative estimate of drug-likeness (QED) is 0.633. The SMILES string of the molecule is O=C(C=Cc1ccc(C2OCCO2)cc1)c1ccccc1. The lowest BCUT2D eigenvalue weighted by Gasteiger charge is -2.08. The largest absolute Gasteiger partial charge is 0.346 e. The standard InChI is InChI=1S/C18H16O3/c19-17(15-4-2-1-3-5-15)11-8-14-6-9-16(10-7-14)18-20-12-13-21-18/h1-11,18H,12-13H2. The molecule has 0 unspecified atom stereocenters. The van der Waals surface area contributed by atoms with Crippen molar-refractivity contribution in [3.8, 4) is 0 Å². The number of ether oxygens (including phenoxy) is 2. The molecule has 21 heavy (non-hydrogen) atoms. The zero-order valence-corrected chi connectivity index (χ0v) is 11.6. The predicted octanol–water partition coefficient (Wildman–Crippen LogP) is 3.63. The van der Waals surface area contributed by atoms with Crippen LogP contribution in [-0.2, 0) is 9.47 Å². The van der Waals surface area contributed by atoms with E-state index in [1.54, 1.807) is 6.08 Å². The van der Waals surface area contributed by atoms with E-state index in [1.807, 2.05) is 60.7 Å². The molecule has 3 nitrogen and oxygen atoms in total. The maximum atomic E-state index is 12.0. The van der Waals surface area contributed by atoms with Crippen LogP contribution in [0.25, 0.3) is 6.08 Å². The Bertz CT molecular complexity index is 623. The van der Waals surface area contributed by atoms with Crippen molar-refractivity contribution in [2.45, 2.75) is 6.29 Å². The Labute approximate surface area is 123 Å². The summed E-state index contributed by atoms with van der Waals surface area (Å²) < 4.78 is 10.9. The summed E-state index contributed by atoms with van der Waals surface area (Å²) in [5.41, 5.74) is 2.66. The third-order valence-electron chi connectivity index (χ3n) is 3.32. The molecule has 1 aliphatic heterocycles. The summed E-state index contributed by atoms with van der Waals surface area (Å²) in [5.74, 6) is 0.00198. The molecule has 106 valence electrons. The van der Waals surface area contributed by atoms with Crippen LogP contribution in [0.5, 0.6) is 0 Å². The van der Waals surface area contributed by atoms with Crippen LogP contribution >= 0.6 is 0 Å². The molecule has 0 aliphatic carbocycles. The first-order chi connectivity index (χ1) is 10.3. The van der Waals surface area contributed by atoms with Gasteiger partial charge in [-0.2, -0.15) is 0 Å². The number of rotatable bonds is 4. The number of hydrogen-bond donors (Lipinski definition) is 0. The molecule has 1 heterocycles. The Morgan fingerprint density at radius 2 is 1.62 bits per heavy atom. The number of carbonyl (C=O) groups excluding carboxylic acids is 1. The minimum Gasteiger partial charge on any atom is -0.346 e. The molecule has 2 aromatic carbocycles. The Hall–Kier alpha value is -2.23. The van der Waals surface area contributed by atoms with Crippen LogP contribution < -0.4 is 0 Å². The van der Waals surface area contributed by atoms with Crippen molar-refractivity contribution in [1.29, 1.82) is 0 Å². The normalized spacial score (nSPS) is 15.6. The van der Waals surface area contributed by atoms with Gasteiger partial charge < -0.3 is 9.47 Å². The summed E-state index contributed by atoms with van der Waals surface area (Å²) in [6.45, 7) is 1.27. The van der Waals surface area contributed by atoms with Crippen molar-refractivity contribution in [3.05, 3.63) is 77.4 Å². The third-order valence-corrected chi connectivity index (χ3v) is 3.32. The van der Waals surface area contributed by atoms with Crippen molar-refractivity contribution in [1.82, 2.24) is 0 Å². The van der Waals surface area contributed by atoms with Crippen molar-refractivity contribution in [2.24, 2.45) is 0 Å². The van der Waals surface area contributed by atoms with Gasteiger partial charge in [-0.3, -0.25) is 4.79 Å². The molecule has 0 spiro atoms. The summed E-state index contributed by atoms with van der Waals surface area (Å²) in [7, 11) is 0. The van der Waals surface area contributed by atoms with Crippen LogP contribution in [-0.4, -0.2) is 19.0 Å². The zero-order chi connectivity index (χ0) is 14.5. The van der Waals surface area contributed by atoms with Crippen LogP contribution in [0.3, 0.4) is 0 Å². The smallest absolute Gasteiger partial charge is 0.185 e. The number of carbonyl (C=O) groups is 1. The van der Waals surface area contributed by atoms with E-state index in [-0.39, 0.29) is 12.1 Å². The van der Waals surface area contributed by atoms with Crippen molar-refractivity contribution in [2.75, 3.05) is 13.2 Å². The van der Waals surface area contributed by atoms with Gasteiger partial charge in [0.15, 0.2) is 12.1 Å². The van der Waals surface area contributed by atoms with E-state index >= 15 is 0 Å². The highest BCUT2D eigenvalue weighted by Crippen LogP contribution is 2.23. The van der Waals surface area contributed by atoms with Crippen molar-refractivity contribution < 1.29 is 14.3 Å². The number of allylic oxidation sites excluding steroid dienone is 1. The van der Waals surface area contributed by atoms with E-state index in [0.29, 0.717) is 18.8 Å². The van der Waals surface area contributed by atoms with Crippen LogP contribution in [0.15, 0.2) is 60.7 Å². The second-order valence-electron chi connectivity index (χ2n) is 4.80. The number of ketones is 1. The van der Waals surface area contributed by atoms with Gasteiger partial charge in [-0.15, -0.1) is 0 Å². The van der Waals surface area contributed by atoms with Crippen molar-refractivity contribution >= 4 is 11.9 Å². The summed E-state index contributed by atoms with van der Waals surface area (Å²) in [6.07, 6.45) is 3.15. The summed E-state index contributed by atoms with van der Waals surface area (Å²) in [6, 6.07) is 17.1. The Morgan fingerprint density at radius 3 is 2.29 bits per heavy atom. The lowest BCUT2D eigenvalue weighted by Crippen LogP contribution is -1.97. The number of benzene rings is 2. The lowest BCUT2D eigenvalue weighted by molar-refractivity contribution is -0.0441. The molecule has 0 aromatic heterocycles. The molecular weight excluding hydrogens is 264 g/mol. The minimum absolute atomic E-state index is 0.00198. The van der Waals surface area contributed by atoms with Crippen LogP contribution in [0, 0.1) is 0 Å². The molecule has 0 bridgehead atoms. The summed E-state index contributed by atoms with van der Waals surface area (Å²) in [5, 5.41) is 0. The highest BCUT2D eigenvalue weighted by atomic mass is 16.7. The Balaban J connectivity index is 1.67. The number of hydrogen-bond acceptors (Lipinski definition) is 3. The van der Waals surface area contributed by atoms with Gasteiger partial charge in [-0.25, -0.2) is 0 Å². The first-order valence-corrected chi connectivity index (χ1v) is 6.93. The van der Waals surface area contributed by atoms with Gasteiger partial charge in [-0.05, 0) is 11.6 Å². The highest BCUT2D eigenvalue weighted by molar-refractivity contribution is 6.06. The van der Waals surface area contributed by atoms with Gasteiger partial charge in [0, 0.05) is 11.1 Å². The van der Waals surface area contributed by atoms with Gasteiger partial charge in [-0.1, -0.05) is 60.7 Å². The average Bonchev–Trinajstić information content (AvgIpc) is 3.08. The van der Waals surface area contributed by atoms with Crippen LogP contribution in [0.4, 0.5) is 0 Å². The first kappa shape index (κ1) is 13.7. The monoisotopic (exact) mass is 280 g/mol. The molecular formula is C18H16O3. The predicted molar refractivity (Wildman–Crippen MR) is 80.9 cm³/mol. The second kappa shape index (κ2) is 6.48. The Kier molecular flexibility index (Phi) is 4.24. The van der Waals surface area contributed by atoms with E-state index in [9.17, 15) is 4.79 Å². The molecule has 0 saturated carbocycles. The lowest BCUT2D eigenvalue weighted by atomic mass is 10.1. The molecule has 1 fully saturated rings. The maximum Gasteiger partial charge on any atom is 0.185 e. The fourth-order valence-electron chi connectivity index (χ4n) is 2.19. The van der Waals surface area contributed by atoms with Gasteiger partial charge in [0.25, 0.3) is 0 Å². The van der Waals surface area contributed by atoms with E-state index in [1.165, 1.54) is 0 Å². The first-order valence-electron chi connectivity index (χ1n) is 6.93. The van der Waals surface area contributed by atoms with Crippen LogP contribution in [0.2, 0.25) is 0 Å². The maximum absolute atomic E-state index is 12.0. The van der Waals surface area contributed by atoms with E-state index < -0.39 is 0 Å². The molecule has 0 radical (unpaired) electrons. The molecule has 3 rings (SSSR count). The minimum atomic E-state index is -0.256. The van der Waals surface area contributed by atoms with E-state index in [2.05, 4.69) is 0 Å². The highest BCUT2D eigenvalue weighted by Gasteiger charge is 2.17. The molecule has 1 saturated heterocycles. The van der Waals surface area contributed by atoms with E-state index in [4.69, 9.17) is 9.47 Å². The molecule has 0 amide bonds. The molecule has 0 atom stereocenters. The van der Waals surface area contributed by atoms with Crippen LogP contribution in [0.1, 0.15) is 27.8 Å². The molecule has 1 aliphatic rings. The fraction of sp³-hybridized carbons (Fsp3) is 0.167. The average molecular weight is 280 g/mol. The zero-order valence-electron chi connectivity index (χ0n) is 11.6. The third kappa shape index (κ3) is 3.45. The van der Waals surface area contributed by atoms with Gasteiger partial charge in [0.2, 0.25) is 0 Å². The summed E-state index contributed by atoms with van der Waals surface area (Å²) in [4.78, 5) is 12.0. The van der Waals surface area contributed by atoms with E-state index in [0.717, 1.165) is 11.1 Å². The molecule has 3 heteroatoms. The molecule has 2 aromatic rings. The Morgan fingerprint density at radius 1 is 0.952 bits per heavy atom. The van der Waals surface area contributed by atoms with Crippen molar-refractivity contribution in [3.63, 3.8) is 0 Å². The van der Waals surface area contributed by atoms with Gasteiger partial charge in [0.05, 0.1) is 13.2 Å². The topological polar surface area (TPSA) is 35.5 Å². The van der Waals surface area contributed by atoms with Gasteiger partial charge in [0.1, 0.15) is 0 Å². The summed E-state index contributed by atoms with van der Waals surface area (Å²) >= 11 is 0. The van der Waals surface area contributed by atoms with Gasteiger partial charge >= 0.3 is 0 Å². The second-order valence-corrected chi connectivity index (χ2v) is 4.80.